The van der Waals surface area contributed by atoms with Gasteiger partial charge in [0.1, 0.15) is 0 Å². The Kier molecular flexibility index (Phi) is 6.42. The van der Waals surface area contributed by atoms with Crippen molar-refractivity contribution in [3.63, 3.8) is 0 Å². The molecule has 0 aliphatic heterocycles. The number of aliphatic hydroxyl groups is 2. The van der Waals surface area contributed by atoms with Crippen molar-refractivity contribution >= 4 is 11.8 Å². The summed E-state index contributed by atoms with van der Waals surface area (Å²) >= 11 is 0. The van der Waals surface area contributed by atoms with E-state index in [2.05, 4.69) is 27.7 Å². The normalized spacial score (nSPS) is 52.0. The molecule has 34 heavy (non-hydrogen) atoms. The summed E-state index contributed by atoms with van der Waals surface area (Å²) in [4.78, 5) is 26.1. The van der Waals surface area contributed by atoms with Gasteiger partial charge in [0.2, 0.25) is 0 Å². The molecule has 4 saturated carbocycles. The minimum absolute atomic E-state index is 0.0243. The molecule has 5 nitrogen and oxygen atoms in total. The molecule has 0 saturated heterocycles. The molecule has 5 rings (SSSR count). The fourth-order valence-electron chi connectivity index (χ4n) is 9.71. The maximum absolute atomic E-state index is 14.0. The first-order valence-corrected chi connectivity index (χ1v) is 13.5. The Morgan fingerprint density at radius 1 is 0.912 bits per heavy atom. The van der Waals surface area contributed by atoms with Gasteiger partial charge in [0.15, 0.2) is 5.78 Å². The Morgan fingerprint density at radius 2 is 1.56 bits per heavy atom. The van der Waals surface area contributed by atoms with Crippen LogP contribution in [0.25, 0.3) is 0 Å². The molecule has 10 atom stereocenters. The molecule has 0 radical (unpaired) electrons. The maximum atomic E-state index is 14.0. The van der Waals surface area contributed by atoms with Gasteiger partial charge in [-0.3, -0.25) is 9.59 Å². The summed E-state index contributed by atoms with van der Waals surface area (Å²) in [5, 5.41) is 27.5. The average Bonchev–Trinajstić information content (AvgIpc) is 2.78. The predicted octanol–water partition coefficient (Wildman–Crippen LogP) is 5.24. The number of hydrogen-bond acceptors (Lipinski definition) is 4. The number of rotatable bonds is 1. The number of fused-ring (bicyclic) bond motifs is 7. The first-order chi connectivity index (χ1) is 15.9. The van der Waals surface area contributed by atoms with E-state index < -0.39 is 11.4 Å². The Bertz CT molecular complexity index is 880. The summed E-state index contributed by atoms with van der Waals surface area (Å²) < 4.78 is 0. The van der Waals surface area contributed by atoms with Crippen molar-refractivity contribution in [1.29, 1.82) is 0 Å². The number of carboxylic acid groups (broad SMARTS) is 1. The quantitative estimate of drug-likeness (QED) is 0.483. The lowest BCUT2D eigenvalue weighted by Crippen LogP contribution is -2.62. The van der Waals surface area contributed by atoms with Crippen molar-refractivity contribution in [3.8, 4) is 0 Å². The van der Waals surface area contributed by atoms with E-state index in [-0.39, 0.29) is 40.1 Å². The van der Waals surface area contributed by atoms with Gasteiger partial charge in [0.25, 0.3) is 0 Å². The number of carbonyl (C=O) groups is 2. The second kappa shape index (κ2) is 8.44. The highest BCUT2D eigenvalue weighted by Gasteiger charge is 2.65. The molecule has 0 aromatic rings. The lowest BCUT2D eigenvalue weighted by atomic mass is 9.38. The Balaban J connectivity index is 0.00000133. The number of hydrogen-bond donors (Lipinski definition) is 3. The van der Waals surface area contributed by atoms with E-state index in [9.17, 15) is 19.8 Å². The summed E-state index contributed by atoms with van der Waals surface area (Å²) in [6.07, 6.45) is 10.2. The minimum Gasteiger partial charge on any atom is -0.481 e. The largest absolute Gasteiger partial charge is 0.481 e. The first-order valence-electron chi connectivity index (χ1n) is 13.5. The van der Waals surface area contributed by atoms with E-state index in [4.69, 9.17) is 5.11 Å². The fraction of sp³-hybridized carbons (Fsp3) is 0.862. The van der Waals surface area contributed by atoms with Crippen LogP contribution in [-0.2, 0) is 9.59 Å². The molecule has 0 bridgehead atoms. The van der Waals surface area contributed by atoms with Crippen LogP contribution in [0.4, 0.5) is 0 Å². The fourth-order valence-corrected chi connectivity index (χ4v) is 9.71. The molecule has 3 N–H and O–H groups in total. The van der Waals surface area contributed by atoms with Crippen molar-refractivity contribution in [2.75, 3.05) is 7.11 Å². The van der Waals surface area contributed by atoms with Gasteiger partial charge in [-0.2, -0.15) is 0 Å². The van der Waals surface area contributed by atoms with Crippen molar-refractivity contribution in [1.82, 2.24) is 0 Å². The van der Waals surface area contributed by atoms with Crippen LogP contribution in [0.1, 0.15) is 92.4 Å². The molecule has 0 heterocycles. The van der Waals surface area contributed by atoms with Crippen LogP contribution in [0.3, 0.4) is 0 Å². The van der Waals surface area contributed by atoms with Crippen LogP contribution in [0.5, 0.6) is 0 Å². The number of aliphatic carboxylic acids is 1. The number of ketones is 1. The predicted molar refractivity (Wildman–Crippen MR) is 132 cm³/mol. The minimum atomic E-state index is -0.688. The van der Waals surface area contributed by atoms with E-state index in [0.29, 0.717) is 24.0 Å². The Labute approximate surface area is 205 Å². The number of allylic oxidation sites excluding steroid dienone is 2. The lowest BCUT2D eigenvalue weighted by Gasteiger charge is -2.65. The monoisotopic (exact) mass is 474 g/mol. The molecule has 5 aliphatic rings. The highest BCUT2D eigenvalue weighted by Crippen LogP contribution is 2.70. The topological polar surface area (TPSA) is 94.8 Å². The van der Waals surface area contributed by atoms with Crippen LogP contribution in [0, 0.1) is 51.2 Å². The Hall–Kier alpha value is -1.20. The van der Waals surface area contributed by atoms with E-state index >= 15 is 0 Å². The molecule has 192 valence electrons. The second-order valence-corrected chi connectivity index (χ2v) is 13.5. The van der Waals surface area contributed by atoms with Gasteiger partial charge in [-0.15, -0.1) is 0 Å². The molecule has 0 aromatic heterocycles. The van der Waals surface area contributed by atoms with Gasteiger partial charge >= 0.3 is 5.97 Å². The molecule has 9 unspecified atom stereocenters. The zero-order valence-electron chi connectivity index (χ0n) is 22.1. The first kappa shape index (κ1) is 25.9. The number of carbonyl (C=O) groups excluding carboxylic acids is 1. The van der Waals surface area contributed by atoms with Crippen LogP contribution in [0.2, 0.25) is 0 Å². The van der Waals surface area contributed by atoms with Crippen molar-refractivity contribution in [2.45, 2.75) is 98.5 Å². The van der Waals surface area contributed by atoms with Crippen LogP contribution < -0.4 is 0 Å². The lowest BCUT2D eigenvalue weighted by molar-refractivity contribution is -0.170. The average molecular weight is 475 g/mol. The highest BCUT2D eigenvalue weighted by molar-refractivity contribution is 5.95. The third-order valence-corrected chi connectivity index (χ3v) is 11.8. The summed E-state index contributed by atoms with van der Waals surface area (Å²) in [5.41, 5.74) is 0.624. The zero-order chi connectivity index (χ0) is 25.3. The smallest absolute Gasteiger partial charge is 0.309 e. The molecular formula is C29H46O5. The summed E-state index contributed by atoms with van der Waals surface area (Å²) in [6.45, 7) is 11.2. The zero-order valence-corrected chi connectivity index (χ0v) is 22.1. The van der Waals surface area contributed by atoms with Gasteiger partial charge in [-0.05, 0) is 111 Å². The van der Waals surface area contributed by atoms with Crippen LogP contribution in [-0.4, -0.2) is 40.3 Å². The van der Waals surface area contributed by atoms with E-state index in [0.717, 1.165) is 58.5 Å². The van der Waals surface area contributed by atoms with Gasteiger partial charge in [0.05, 0.1) is 11.5 Å². The second-order valence-electron chi connectivity index (χ2n) is 13.5. The summed E-state index contributed by atoms with van der Waals surface area (Å²) in [6, 6.07) is 0. The standard InChI is InChI=1S/C28H42O4.CH4O/c1-16-18-7-10-28(5)19-6-9-25(2)12-13-26(3,24(31)32)15-20(25)17(19)14-22(30)23(28)27(18,4)11-8-21(16)29;1-2/h14,16,18-21,23,29H,6-13,15H2,1-5H3,(H,31,32);2H,1H3/t16?,18?,19?,20?,21?,23?,25?,26-,27?,28?;/m0./s1. The van der Waals surface area contributed by atoms with Crippen LogP contribution >= 0.6 is 0 Å². The van der Waals surface area contributed by atoms with E-state index in [1.807, 2.05) is 13.0 Å². The third-order valence-electron chi connectivity index (χ3n) is 11.8. The SMILES string of the molecule is CC1C(O)CCC2(C)C1CCC1(C)C3CCC4(C)CC[C@](C)(C(=O)O)CC4C3=CC(=O)C12.CO. The highest BCUT2D eigenvalue weighted by atomic mass is 16.4. The third kappa shape index (κ3) is 3.47. The summed E-state index contributed by atoms with van der Waals surface area (Å²) in [7, 11) is 1.00. The van der Waals surface area contributed by atoms with Crippen LogP contribution in [0.15, 0.2) is 11.6 Å². The Morgan fingerprint density at radius 3 is 2.21 bits per heavy atom. The van der Waals surface area contributed by atoms with Crippen molar-refractivity contribution < 1.29 is 24.9 Å². The number of carboxylic acids is 1. The number of aliphatic hydroxyl groups excluding tert-OH is 2. The van der Waals surface area contributed by atoms with Gasteiger partial charge in [-0.1, -0.05) is 33.3 Å². The van der Waals surface area contributed by atoms with E-state index in [1.165, 1.54) is 5.57 Å². The molecule has 0 spiro atoms. The molecular weight excluding hydrogens is 428 g/mol. The molecule has 0 aromatic carbocycles. The van der Waals surface area contributed by atoms with Gasteiger partial charge in [0, 0.05) is 13.0 Å². The maximum Gasteiger partial charge on any atom is 0.309 e. The van der Waals surface area contributed by atoms with Gasteiger partial charge < -0.3 is 15.3 Å². The molecule has 4 fully saturated rings. The molecule has 5 heteroatoms. The molecule has 5 aliphatic carbocycles. The van der Waals surface area contributed by atoms with Crippen molar-refractivity contribution in [2.24, 2.45) is 51.2 Å². The van der Waals surface area contributed by atoms with Crippen molar-refractivity contribution in [3.05, 3.63) is 11.6 Å². The van der Waals surface area contributed by atoms with E-state index in [1.54, 1.807) is 0 Å². The summed E-state index contributed by atoms with van der Waals surface area (Å²) in [5.74, 6) is 0.881. The van der Waals surface area contributed by atoms with Gasteiger partial charge in [-0.25, -0.2) is 0 Å². The molecule has 0 amide bonds.